The van der Waals surface area contributed by atoms with Crippen molar-refractivity contribution in [2.24, 2.45) is 0 Å². The van der Waals surface area contributed by atoms with Gasteiger partial charge in [-0.05, 0) is 24.7 Å². The van der Waals surface area contributed by atoms with E-state index in [0.717, 1.165) is 11.6 Å². The van der Waals surface area contributed by atoms with Gasteiger partial charge < -0.3 is 5.32 Å². The summed E-state index contributed by atoms with van der Waals surface area (Å²) in [5, 5.41) is 4.04. The molecule has 0 saturated carbocycles. The summed E-state index contributed by atoms with van der Waals surface area (Å²) in [6, 6.07) is 8.45. The highest BCUT2D eigenvalue weighted by Gasteiger charge is 1.98. The normalized spacial score (nSPS) is 10.3. The second-order valence-corrected chi connectivity index (χ2v) is 4.41. The first-order valence-corrected chi connectivity index (χ1v) is 5.87. The van der Waals surface area contributed by atoms with Crippen molar-refractivity contribution in [2.75, 3.05) is 7.05 Å². The summed E-state index contributed by atoms with van der Waals surface area (Å²) in [7, 11) is 1.95. The van der Waals surface area contributed by atoms with Gasteiger partial charge in [0.2, 0.25) is 0 Å². The van der Waals surface area contributed by atoms with Gasteiger partial charge >= 0.3 is 0 Å². The quantitative estimate of drug-likeness (QED) is 0.876. The Hall–Kier alpha value is -1.39. The molecule has 82 valence electrons. The minimum absolute atomic E-state index is 0.899. The summed E-state index contributed by atoms with van der Waals surface area (Å²) < 4.78 is 0. The molecule has 0 bridgehead atoms. The van der Waals surface area contributed by atoms with Crippen molar-refractivity contribution in [2.45, 2.75) is 16.5 Å². The third-order valence-corrected chi connectivity index (χ3v) is 2.99. The van der Waals surface area contributed by atoms with E-state index >= 15 is 0 Å². The van der Waals surface area contributed by atoms with E-state index in [4.69, 9.17) is 0 Å². The van der Waals surface area contributed by atoms with Crippen molar-refractivity contribution in [3.8, 4) is 0 Å². The van der Waals surface area contributed by atoms with Gasteiger partial charge in [-0.25, -0.2) is 4.98 Å². The Morgan fingerprint density at radius 3 is 2.62 bits per heavy atom. The van der Waals surface area contributed by atoms with Crippen LogP contribution in [0.2, 0.25) is 0 Å². The standard InChI is InChI=1S/C12H13N3S/c1-13-8-10-2-4-11(5-3-10)16-12-9-14-6-7-15-12/h2-7,9,13H,8H2,1H3. The molecule has 16 heavy (non-hydrogen) atoms. The van der Waals surface area contributed by atoms with Crippen LogP contribution in [0.4, 0.5) is 0 Å². The molecule has 0 fully saturated rings. The fourth-order valence-electron chi connectivity index (χ4n) is 1.34. The molecule has 2 aromatic rings. The molecule has 3 nitrogen and oxygen atoms in total. The van der Waals surface area contributed by atoms with E-state index in [1.54, 1.807) is 30.4 Å². The third-order valence-electron chi connectivity index (χ3n) is 2.07. The lowest BCUT2D eigenvalue weighted by atomic mass is 10.2. The number of benzene rings is 1. The van der Waals surface area contributed by atoms with Crippen LogP contribution in [0, 0.1) is 0 Å². The summed E-state index contributed by atoms with van der Waals surface area (Å²) in [6.07, 6.45) is 5.16. The van der Waals surface area contributed by atoms with Gasteiger partial charge in [-0.3, -0.25) is 4.98 Å². The van der Waals surface area contributed by atoms with Crippen LogP contribution in [-0.2, 0) is 6.54 Å². The zero-order chi connectivity index (χ0) is 11.2. The van der Waals surface area contributed by atoms with Crippen molar-refractivity contribution < 1.29 is 0 Å². The first-order chi connectivity index (χ1) is 7.88. The maximum atomic E-state index is 4.22. The third kappa shape index (κ3) is 3.05. The summed E-state index contributed by atoms with van der Waals surface area (Å²) in [5.41, 5.74) is 1.28. The predicted octanol–water partition coefficient (Wildman–Crippen LogP) is 2.35. The van der Waals surface area contributed by atoms with Crippen LogP contribution in [0.25, 0.3) is 0 Å². The summed E-state index contributed by atoms with van der Waals surface area (Å²) in [4.78, 5) is 9.44. The Morgan fingerprint density at radius 2 is 2.00 bits per heavy atom. The number of hydrogen-bond donors (Lipinski definition) is 1. The Kier molecular flexibility index (Phi) is 3.91. The molecule has 1 heterocycles. The SMILES string of the molecule is CNCc1ccc(Sc2cnccn2)cc1. The van der Waals surface area contributed by atoms with Crippen LogP contribution in [-0.4, -0.2) is 17.0 Å². The van der Waals surface area contributed by atoms with E-state index in [2.05, 4.69) is 39.6 Å². The number of aromatic nitrogens is 2. The zero-order valence-corrected chi connectivity index (χ0v) is 9.87. The van der Waals surface area contributed by atoms with Gasteiger partial charge in [-0.1, -0.05) is 23.9 Å². The van der Waals surface area contributed by atoms with Crippen molar-refractivity contribution in [1.82, 2.24) is 15.3 Å². The van der Waals surface area contributed by atoms with E-state index in [9.17, 15) is 0 Å². The summed E-state index contributed by atoms with van der Waals surface area (Å²) in [6.45, 7) is 0.899. The van der Waals surface area contributed by atoms with Gasteiger partial charge in [-0.2, -0.15) is 0 Å². The molecular weight excluding hydrogens is 218 g/mol. The fourth-order valence-corrected chi connectivity index (χ4v) is 2.08. The monoisotopic (exact) mass is 231 g/mol. The molecule has 0 radical (unpaired) electrons. The van der Waals surface area contributed by atoms with E-state index in [-0.39, 0.29) is 0 Å². The Bertz CT molecular complexity index is 428. The van der Waals surface area contributed by atoms with E-state index in [1.165, 1.54) is 10.5 Å². The highest BCUT2D eigenvalue weighted by molar-refractivity contribution is 7.99. The zero-order valence-electron chi connectivity index (χ0n) is 9.05. The van der Waals surface area contributed by atoms with Crippen molar-refractivity contribution in [1.29, 1.82) is 0 Å². The molecule has 0 amide bonds. The largest absolute Gasteiger partial charge is 0.316 e. The lowest BCUT2D eigenvalue weighted by Gasteiger charge is -2.02. The highest BCUT2D eigenvalue weighted by Crippen LogP contribution is 2.24. The summed E-state index contributed by atoms with van der Waals surface area (Å²) >= 11 is 1.62. The van der Waals surface area contributed by atoms with Gasteiger partial charge in [0.1, 0.15) is 5.03 Å². The van der Waals surface area contributed by atoms with Crippen molar-refractivity contribution in [3.05, 3.63) is 48.4 Å². The van der Waals surface area contributed by atoms with Crippen molar-refractivity contribution >= 4 is 11.8 Å². The topological polar surface area (TPSA) is 37.8 Å². The van der Waals surface area contributed by atoms with Crippen LogP contribution in [0.15, 0.2) is 52.8 Å². The van der Waals surface area contributed by atoms with Crippen LogP contribution in [0.3, 0.4) is 0 Å². The lowest BCUT2D eigenvalue weighted by Crippen LogP contribution is -2.04. The van der Waals surface area contributed by atoms with E-state index in [1.807, 2.05) is 7.05 Å². The molecule has 0 atom stereocenters. The molecule has 2 rings (SSSR count). The second kappa shape index (κ2) is 5.63. The smallest absolute Gasteiger partial charge is 0.119 e. The molecule has 0 spiro atoms. The van der Waals surface area contributed by atoms with Gasteiger partial charge in [0.05, 0.1) is 6.20 Å². The Labute approximate surface area is 99.3 Å². The average molecular weight is 231 g/mol. The molecule has 4 heteroatoms. The van der Waals surface area contributed by atoms with Gasteiger partial charge in [0.15, 0.2) is 0 Å². The van der Waals surface area contributed by atoms with Crippen molar-refractivity contribution in [3.63, 3.8) is 0 Å². The van der Waals surface area contributed by atoms with Crippen LogP contribution < -0.4 is 5.32 Å². The minimum Gasteiger partial charge on any atom is -0.316 e. The maximum absolute atomic E-state index is 4.22. The molecule has 1 N–H and O–H groups in total. The molecule has 1 aromatic carbocycles. The first kappa shape index (κ1) is 11.1. The molecule has 1 aromatic heterocycles. The number of rotatable bonds is 4. The maximum Gasteiger partial charge on any atom is 0.119 e. The summed E-state index contributed by atoms with van der Waals surface area (Å²) in [5.74, 6) is 0. The van der Waals surface area contributed by atoms with E-state index < -0.39 is 0 Å². The van der Waals surface area contributed by atoms with Crippen LogP contribution >= 0.6 is 11.8 Å². The molecule has 0 saturated heterocycles. The molecular formula is C12H13N3S. The van der Waals surface area contributed by atoms with E-state index in [0.29, 0.717) is 0 Å². The minimum atomic E-state index is 0.899. The second-order valence-electron chi connectivity index (χ2n) is 3.32. The molecule has 0 unspecified atom stereocenters. The Morgan fingerprint density at radius 1 is 1.19 bits per heavy atom. The van der Waals surface area contributed by atoms with Gasteiger partial charge in [0, 0.05) is 23.8 Å². The predicted molar refractivity (Wildman–Crippen MR) is 65.4 cm³/mol. The number of nitrogens with one attached hydrogen (secondary N) is 1. The molecule has 0 aliphatic heterocycles. The Balaban J connectivity index is 2.05. The fraction of sp³-hybridized carbons (Fsp3) is 0.167. The molecule has 0 aliphatic carbocycles. The van der Waals surface area contributed by atoms with Gasteiger partial charge in [-0.15, -0.1) is 0 Å². The number of hydrogen-bond acceptors (Lipinski definition) is 4. The highest BCUT2D eigenvalue weighted by atomic mass is 32.2. The van der Waals surface area contributed by atoms with Gasteiger partial charge in [0.25, 0.3) is 0 Å². The number of nitrogens with zero attached hydrogens (tertiary/aromatic N) is 2. The average Bonchev–Trinajstić information content (AvgIpc) is 2.33. The van der Waals surface area contributed by atoms with Crippen LogP contribution in [0.5, 0.6) is 0 Å². The molecule has 0 aliphatic rings. The van der Waals surface area contributed by atoms with Crippen LogP contribution in [0.1, 0.15) is 5.56 Å². The lowest BCUT2D eigenvalue weighted by molar-refractivity contribution is 0.817. The first-order valence-electron chi connectivity index (χ1n) is 5.06.